The normalized spacial score (nSPS) is 23.3. The molecule has 9 heteroatoms. The molecule has 0 N–H and O–H groups in total. The summed E-state index contributed by atoms with van der Waals surface area (Å²) in [6, 6.07) is 0. The van der Waals surface area contributed by atoms with Crippen molar-refractivity contribution in [1.29, 1.82) is 0 Å². The van der Waals surface area contributed by atoms with Crippen molar-refractivity contribution in [3.63, 3.8) is 0 Å². The van der Waals surface area contributed by atoms with Crippen LogP contribution in [0.2, 0.25) is 0 Å². The topological polar surface area (TPSA) is 78.8 Å². The summed E-state index contributed by atoms with van der Waals surface area (Å²) in [5, 5.41) is 0.106. The van der Waals surface area contributed by atoms with Gasteiger partial charge in [0, 0.05) is 58.9 Å². The quantitative estimate of drug-likeness (QED) is 0.734. The first-order valence-corrected chi connectivity index (χ1v) is 10.7. The lowest BCUT2D eigenvalue weighted by Gasteiger charge is -2.34. The number of rotatable bonds is 5. The van der Waals surface area contributed by atoms with Gasteiger partial charge in [-0.25, -0.2) is 13.4 Å². The molecule has 3 rings (SSSR count). The SMILES string of the molecule is CN1CCN(C(=O)CCC2CCCN(S(=O)(=O)c3cn(C)cn3)C2)CC1. The van der Waals surface area contributed by atoms with Crippen molar-refractivity contribution < 1.29 is 13.2 Å². The first-order chi connectivity index (χ1) is 12.4. The summed E-state index contributed by atoms with van der Waals surface area (Å²) < 4.78 is 28.6. The number of aryl methyl sites for hydroxylation is 1. The molecule has 146 valence electrons. The summed E-state index contributed by atoms with van der Waals surface area (Å²) in [5.74, 6) is 0.432. The molecule has 1 aromatic rings. The predicted molar refractivity (Wildman–Crippen MR) is 98.0 cm³/mol. The second-order valence-corrected chi connectivity index (χ2v) is 9.36. The molecule has 2 fully saturated rings. The number of hydrogen-bond donors (Lipinski definition) is 0. The number of carbonyl (C=O) groups is 1. The molecule has 3 heterocycles. The fourth-order valence-corrected chi connectivity index (χ4v) is 5.20. The van der Waals surface area contributed by atoms with Crippen molar-refractivity contribution in [3.8, 4) is 0 Å². The van der Waals surface area contributed by atoms with Crippen molar-refractivity contribution in [1.82, 2.24) is 23.7 Å². The van der Waals surface area contributed by atoms with Crippen LogP contribution in [0.15, 0.2) is 17.6 Å². The molecule has 1 amide bonds. The Morgan fingerprint density at radius 2 is 1.92 bits per heavy atom. The number of amides is 1. The van der Waals surface area contributed by atoms with Crippen LogP contribution in [-0.2, 0) is 21.9 Å². The molecule has 2 aliphatic heterocycles. The van der Waals surface area contributed by atoms with Crippen LogP contribution in [-0.4, -0.2) is 84.3 Å². The van der Waals surface area contributed by atoms with Gasteiger partial charge in [0.1, 0.15) is 0 Å². The van der Waals surface area contributed by atoms with Crippen molar-refractivity contribution >= 4 is 15.9 Å². The highest BCUT2D eigenvalue weighted by atomic mass is 32.2. The van der Waals surface area contributed by atoms with Gasteiger partial charge in [-0.05, 0) is 32.2 Å². The highest BCUT2D eigenvalue weighted by Gasteiger charge is 2.32. The van der Waals surface area contributed by atoms with Crippen molar-refractivity contribution in [2.75, 3.05) is 46.3 Å². The molecule has 8 nitrogen and oxygen atoms in total. The number of nitrogens with zero attached hydrogens (tertiary/aromatic N) is 5. The Labute approximate surface area is 155 Å². The summed E-state index contributed by atoms with van der Waals surface area (Å²) in [6.45, 7) is 4.44. The maximum Gasteiger partial charge on any atom is 0.262 e. The molecular weight excluding hydrogens is 354 g/mol. The molecule has 1 aromatic heterocycles. The van der Waals surface area contributed by atoms with E-state index in [9.17, 15) is 13.2 Å². The Morgan fingerprint density at radius 1 is 1.19 bits per heavy atom. The zero-order valence-corrected chi connectivity index (χ0v) is 16.5. The number of sulfonamides is 1. The fraction of sp³-hybridized carbons (Fsp3) is 0.765. The summed E-state index contributed by atoms with van der Waals surface area (Å²) in [6.07, 6.45) is 6.10. The maximum absolute atomic E-state index is 12.7. The third-order valence-corrected chi connectivity index (χ3v) is 7.14. The number of carbonyl (C=O) groups excluding carboxylic acids is 1. The van der Waals surface area contributed by atoms with Gasteiger partial charge in [-0.2, -0.15) is 4.31 Å². The molecule has 0 radical (unpaired) electrons. The minimum Gasteiger partial charge on any atom is -0.340 e. The molecule has 0 spiro atoms. The Kier molecular flexibility index (Phi) is 5.99. The van der Waals surface area contributed by atoms with Gasteiger partial charge in [0.15, 0.2) is 5.03 Å². The maximum atomic E-state index is 12.7. The smallest absolute Gasteiger partial charge is 0.262 e. The minimum atomic E-state index is -3.54. The summed E-state index contributed by atoms with van der Waals surface area (Å²) in [4.78, 5) is 20.6. The number of aromatic nitrogens is 2. The molecule has 2 aliphatic rings. The third-order valence-electron chi connectivity index (χ3n) is 5.39. The molecular formula is C17H29N5O3S. The van der Waals surface area contributed by atoms with Crippen LogP contribution >= 0.6 is 0 Å². The lowest BCUT2D eigenvalue weighted by molar-refractivity contribution is -0.133. The van der Waals surface area contributed by atoms with Crippen LogP contribution in [0.4, 0.5) is 0 Å². The highest BCUT2D eigenvalue weighted by Crippen LogP contribution is 2.26. The van der Waals surface area contributed by atoms with Crippen molar-refractivity contribution in [3.05, 3.63) is 12.5 Å². The molecule has 1 unspecified atom stereocenters. The van der Waals surface area contributed by atoms with Crippen LogP contribution < -0.4 is 0 Å². The highest BCUT2D eigenvalue weighted by molar-refractivity contribution is 7.89. The van der Waals surface area contributed by atoms with Gasteiger partial charge in [0.25, 0.3) is 10.0 Å². The standard InChI is InChI=1S/C17H29N5O3S/c1-19-8-10-21(11-9-19)17(23)6-5-15-4-3-7-22(12-15)26(24,25)16-13-20(2)14-18-16/h13-15H,3-12H2,1-2H3. The lowest BCUT2D eigenvalue weighted by atomic mass is 9.94. The summed E-state index contributed by atoms with van der Waals surface area (Å²) in [7, 11) is 0.290. The average Bonchev–Trinajstić information content (AvgIpc) is 3.08. The number of piperidine rings is 1. The molecule has 0 bridgehead atoms. The van der Waals surface area contributed by atoms with Gasteiger partial charge >= 0.3 is 0 Å². The van der Waals surface area contributed by atoms with Crippen LogP contribution in [0.25, 0.3) is 0 Å². The van der Waals surface area contributed by atoms with E-state index >= 15 is 0 Å². The first-order valence-electron chi connectivity index (χ1n) is 9.30. The second kappa shape index (κ2) is 8.06. The van der Waals surface area contributed by atoms with Crippen LogP contribution in [0.3, 0.4) is 0 Å². The first kappa shape index (κ1) is 19.3. The monoisotopic (exact) mass is 383 g/mol. The van der Waals surface area contributed by atoms with Gasteiger partial charge < -0.3 is 14.4 Å². The fourth-order valence-electron chi connectivity index (χ4n) is 3.68. The number of piperazine rings is 1. The molecule has 0 aromatic carbocycles. The molecule has 26 heavy (non-hydrogen) atoms. The number of hydrogen-bond acceptors (Lipinski definition) is 5. The number of imidazole rings is 1. The van der Waals surface area contributed by atoms with Crippen LogP contribution in [0, 0.1) is 5.92 Å². The van der Waals surface area contributed by atoms with Gasteiger partial charge in [-0.1, -0.05) is 0 Å². The minimum absolute atomic E-state index is 0.106. The van der Waals surface area contributed by atoms with E-state index in [-0.39, 0.29) is 16.9 Å². The van der Waals surface area contributed by atoms with Crippen LogP contribution in [0.5, 0.6) is 0 Å². The Hall–Kier alpha value is -1.45. The largest absolute Gasteiger partial charge is 0.340 e. The molecule has 0 aliphatic carbocycles. The van der Waals surface area contributed by atoms with E-state index < -0.39 is 10.0 Å². The molecule has 2 saturated heterocycles. The Balaban J connectivity index is 1.53. The molecule has 1 atom stereocenters. The van der Waals surface area contributed by atoms with E-state index in [4.69, 9.17) is 0 Å². The predicted octanol–water partition coefficient (Wildman–Crippen LogP) is 0.375. The van der Waals surface area contributed by atoms with E-state index in [0.717, 1.165) is 45.4 Å². The van der Waals surface area contributed by atoms with E-state index in [1.807, 2.05) is 4.90 Å². The second-order valence-electron chi connectivity index (χ2n) is 7.47. The van der Waals surface area contributed by atoms with E-state index in [0.29, 0.717) is 19.5 Å². The van der Waals surface area contributed by atoms with E-state index in [2.05, 4.69) is 16.9 Å². The third kappa shape index (κ3) is 4.44. The van der Waals surface area contributed by atoms with Gasteiger partial charge in [-0.15, -0.1) is 0 Å². The molecule has 0 saturated carbocycles. The Bertz CT molecular complexity index is 725. The summed E-state index contributed by atoms with van der Waals surface area (Å²) in [5.41, 5.74) is 0. The Morgan fingerprint density at radius 3 is 2.58 bits per heavy atom. The van der Waals surface area contributed by atoms with Crippen LogP contribution in [0.1, 0.15) is 25.7 Å². The van der Waals surface area contributed by atoms with Gasteiger partial charge in [0.2, 0.25) is 5.91 Å². The van der Waals surface area contributed by atoms with E-state index in [1.165, 1.54) is 16.8 Å². The van der Waals surface area contributed by atoms with Gasteiger partial charge in [0.05, 0.1) is 6.33 Å². The van der Waals surface area contributed by atoms with Crippen molar-refractivity contribution in [2.24, 2.45) is 13.0 Å². The zero-order chi connectivity index (χ0) is 18.7. The van der Waals surface area contributed by atoms with Crippen molar-refractivity contribution in [2.45, 2.75) is 30.7 Å². The van der Waals surface area contributed by atoms with E-state index in [1.54, 1.807) is 11.6 Å². The average molecular weight is 384 g/mol. The number of likely N-dealkylation sites (N-methyl/N-ethyl adjacent to an activating group) is 1. The van der Waals surface area contributed by atoms with Gasteiger partial charge in [-0.3, -0.25) is 4.79 Å². The lowest BCUT2D eigenvalue weighted by Crippen LogP contribution is -2.47. The zero-order valence-electron chi connectivity index (χ0n) is 15.7. The summed E-state index contributed by atoms with van der Waals surface area (Å²) >= 11 is 0.